The SMILES string of the molecule is CCCNc1ncc(CN2C[C@H](N(C)C)C[C@H]2C(=O)O)cn1. The van der Waals surface area contributed by atoms with Gasteiger partial charge in [-0.05, 0) is 26.9 Å². The van der Waals surface area contributed by atoms with Crippen molar-refractivity contribution in [1.29, 1.82) is 0 Å². The summed E-state index contributed by atoms with van der Waals surface area (Å²) in [7, 11) is 3.98. The summed E-state index contributed by atoms with van der Waals surface area (Å²) >= 11 is 0. The zero-order valence-electron chi connectivity index (χ0n) is 13.5. The molecular formula is C15H25N5O2. The van der Waals surface area contributed by atoms with E-state index >= 15 is 0 Å². The maximum absolute atomic E-state index is 11.4. The third-order valence-electron chi connectivity index (χ3n) is 4.02. The van der Waals surface area contributed by atoms with E-state index in [1.807, 2.05) is 19.0 Å². The minimum absolute atomic E-state index is 0.271. The van der Waals surface area contributed by atoms with E-state index in [9.17, 15) is 9.90 Å². The number of nitrogens with zero attached hydrogens (tertiary/aromatic N) is 4. The van der Waals surface area contributed by atoms with Crippen molar-refractivity contribution in [2.75, 3.05) is 32.5 Å². The number of likely N-dealkylation sites (N-methyl/N-ethyl adjacent to an activating group) is 1. The summed E-state index contributed by atoms with van der Waals surface area (Å²) in [6, 6.07) is -0.169. The van der Waals surface area contributed by atoms with Gasteiger partial charge in [0, 0.05) is 43.6 Å². The number of carbonyl (C=O) groups is 1. The van der Waals surface area contributed by atoms with Crippen molar-refractivity contribution < 1.29 is 9.90 Å². The van der Waals surface area contributed by atoms with E-state index < -0.39 is 12.0 Å². The van der Waals surface area contributed by atoms with E-state index in [1.165, 1.54) is 0 Å². The number of aliphatic carboxylic acids is 1. The molecule has 0 aliphatic carbocycles. The first-order valence-corrected chi connectivity index (χ1v) is 7.69. The molecule has 1 saturated heterocycles. The summed E-state index contributed by atoms with van der Waals surface area (Å²) in [4.78, 5) is 24.1. The van der Waals surface area contributed by atoms with Crippen LogP contribution < -0.4 is 5.32 Å². The number of hydrogen-bond donors (Lipinski definition) is 2. The van der Waals surface area contributed by atoms with E-state index in [0.717, 1.165) is 25.1 Å². The highest BCUT2D eigenvalue weighted by molar-refractivity contribution is 5.74. The Kier molecular flexibility index (Phi) is 5.68. The monoisotopic (exact) mass is 307 g/mol. The second-order valence-electron chi connectivity index (χ2n) is 5.98. The van der Waals surface area contributed by atoms with Gasteiger partial charge in [-0.1, -0.05) is 6.92 Å². The summed E-state index contributed by atoms with van der Waals surface area (Å²) in [5.41, 5.74) is 0.938. The first-order valence-electron chi connectivity index (χ1n) is 7.69. The van der Waals surface area contributed by atoms with Gasteiger partial charge in [-0.3, -0.25) is 9.69 Å². The largest absolute Gasteiger partial charge is 0.480 e. The smallest absolute Gasteiger partial charge is 0.320 e. The number of hydrogen-bond acceptors (Lipinski definition) is 6. The summed E-state index contributed by atoms with van der Waals surface area (Å²) in [5.74, 6) is -0.139. The van der Waals surface area contributed by atoms with Gasteiger partial charge in [0.2, 0.25) is 5.95 Å². The van der Waals surface area contributed by atoms with Gasteiger partial charge in [0.05, 0.1) is 0 Å². The van der Waals surface area contributed by atoms with Gasteiger partial charge in [-0.15, -0.1) is 0 Å². The molecule has 0 bridgehead atoms. The molecule has 1 aliphatic rings. The average Bonchev–Trinajstić information content (AvgIpc) is 2.91. The number of likely N-dealkylation sites (tertiary alicyclic amines) is 1. The third kappa shape index (κ3) is 4.14. The Hall–Kier alpha value is -1.73. The maximum Gasteiger partial charge on any atom is 0.320 e. The zero-order valence-corrected chi connectivity index (χ0v) is 13.5. The van der Waals surface area contributed by atoms with Gasteiger partial charge >= 0.3 is 5.97 Å². The van der Waals surface area contributed by atoms with Gasteiger partial charge in [-0.2, -0.15) is 0 Å². The maximum atomic E-state index is 11.4. The quantitative estimate of drug-likeness (QED) is 0.774. The summed E-state index contributed by atoms with van der Waals surface area (Å²) < 4.78 is 0. The minimum atomic E-state index is -0.758. The molecule has 7 nitrogen and oxygen atoms in total. The topological polar surface area (TPSA) is 81.6 Å². The molecule has 1 aromatic rings. The van der Waals surface area contributed by atoms with Crippen LogP contribution in [0.5, 0.6) is 0 Å². The lowest BCUT2D eigenvalue weighted by Gasteiger charge is -2.21. The van der Waals surface area contributed by atoms with Crippen molar-refractivity contribution in [3.8, 4) is 0 Å². The fourth-order valence-corrected chi connectivity index (χ4v) is 2.68. The number of carboxylic acid groups (broad SMARTS) is 1. The van der Waals surface area contributed by atoms with E-state index in [4.69, 9.17) is 0 Å². The van der Waals surface area contributed by atoms with E-state index in [2.05, 4.69) is 27.1 Å². The lowest BCUT2D eigenvalue weighted by atomic mass is 10.1. The van der Waals surface area contributed by atoms with Crippen LogP contribution in [0.15, 0.2) is 12.4 Å². The molecule has 0 spiro atoms. The number of rotatable bonds is 7. The molecule has 2 heterocycles. The molecule has 0 amide bonds. The first-order chi connectivity index (χ1) is 10.5. The Morgan fingerprint density at radius 2 is 2.14 bits per heavy atom. The number of carboxylic acids is 1. The molecule has 7 heteroatoms. The Balaban J connectivity index is 2.00. The third-order valence-corrected chi connectivity index (χ3v) is 4.02. The molecule has 1 aliphatic heterocycles. The van der Waals surface area contributed by atoms with Gasteiger partial charge in [0.1, 0.15) is 6.04 Å². The van der Waals surface area contributed by atoms with Gasteiger partial charge in [0.25, 0.3) is 0 Å². The number of aromatic nitrogens is 2. The van der Waals surface area contributed by atoms with Gasteiger partial charge < -0.3 is 15.3 Å². The van der Waals surface area contributed by atoms with Crippen LogP contribution in [0.1, 0.15) is 25.3 Å². The van der Waals surface area contributed by atoms with Gasteiger partial charge in [0.15, 0.2) is 0 Å². The molecular weight excluding hydrogens is 282 g/mol. The second kappa shape index (κ2) is 7.51. The fourth-order valence-electron chi connectivity index (χ4n) is 2.68. The molecule has 1 fully saturated rings. The summed E-state index contributed by atoms with van der Waals surface area (Å²) in [5, 5.41) is 12.5. The molecule has 2 N–H and O–H groups in total. The van der Waals surface area contributed by atoms with Crippen molar-refractivity contribution in [3.63, 3.8) is 0 Å². The van der Waals surface area contributed by atoms with Crippen molar-refractivity contribution in [2.45, 2.75) is 38.4 Å². The molecule has 0 radical (unpaired) electrons. The normalized spacial score (nSPS) is 22.2. The molecule has 122 valence electrons. The predicted molar refractivity (Wildman–Crippen MR) is 84.7 cm³/mol. The fraction of sp³-hybridized carbons (Fsp3) is 0.667. The predicted octanol–water partition coefficient (Wildman–Crippen LogP) is 0.888. The van der Waals surface area contributed by atoms with E-state index in [1.54, 1.807) is 12.4 Å². The lowest BCUT2D eigenvalue weighted by molar-refractivity contribution is -0.142. The van der Waals surface area contributed by atoms with Crippen molar-refractivity contribution >= 4 is 11.9 Å². The molecule has 2 rings (SSSR count). The number of anilines is 1. The van der Waals surface area contributed by atoms with Crippen LogP contribution in [-0.2, 0) is 11.3 Å². The van der Waals surface area contributed by atoms with E-state index in [-0.39, 0.29) is 6.04 Å². The Labute approximate surface area is 131 Å². The highest BCUT2D eigenvalue weighted by Crippen LogP contribution is 2.23. The molecule has 0 aromatic carbocycles. The van der Waals surface area contributed by atoms with Crippen LogP contribution in [0.4, 0.5) is 5.95 Å². The average molecular weight is 307 g/mol. The Morgan fingerprint density at radius 3 is 2.68 bits per heavy atom. The van der Waals surface area contributed by atoms with Gasteiger partial charge in [-0.25, -0.2) is 9.97 Å². The highest BCUT2D eigenvalue weighted by atomic mass is 16.4. The van der Waals surface area contributed by atoms with Crippen LogP contribution in [0.25, 0.3) is 0 Å². The van der Waals surface area contributed by atoms with Crippen LogP contribution in [-0.4, -0.2) is 70.1 Å². The summed E-state index contributed by atoms with van der Waals surface area (Å²) in [6.45, 7) is 4.24. The lowest BCUT2D eigenvalue weighted by Crippen LogP contribution is -2.35. The second-order valence-corrected chi connectivity index (χ2v) is 5.98. The van der Waals surface area contributed by atoms with Crippen LogP contribution >= 0.6 is 0 Å². The Morgan fingerprint density at radius 1 is 1.45 bits per heavy atom. The molecule has 0 unspecified atom stereocenters. The van der Waals surface area contributed by atoms with Crippen LogP contribution in [0.2, 0.25) is 0 Å². The standard InChI is InChI=1S/C15H25N5O2/c1-4-5-16-15-17-7-11(8-18-15)9-20-10-12(19(2)3)6-13(20)14(21)22/h7-8,12-13H,4-6,9-10H2,1-3H3,(H,21,22)(H,16,17,18)/t12-,13+/m1/s1. The minimum Gasteiger partial charge on any atom is -0.480 e. The molecule has 22 heavy (non-hydrogen) atoms. The van der Waals surface area contributed by atoms with E-state index in [0.29, 0.717) is 18.9 Å². The zero-order chi connectivity index (χ0) is 16.1. The summed E-state index contributed by atoms with van der Waals surface area (Å²) in [6.07, 6.45) is 5.21. The Bertz CT molecular complexity index is 491. The molecule has 2 atom stereocenters. The van der Waals surface area contributed by atoms with Crippen LogP contribution in [0, 0.1) is 0 Å². The first kappa shape index (κ1) is 16.6. The molecule has 0 saturated carbocycles. The van der Waals surface area contributed by atoms with Crippen molar-refractivity contribution in [1.82, 2.24) is 19.8 Å². The van der Waals surface area contributed by atoms with Crippen LogP contribution in [0.3, 0.4) is 0 Å². The molecule has 1 aromatic heterocycles. The number of nitrogens with one attached hydrogen (secondary N) is 1. The van der Waals surface area contributed by atoms with Crippen molar-refractivity contribution in [2.24, 2.45) is 0 Å². The van der Waals surface area contributed by atoms with Crippen molar-refractivity contribution in [3.05, 3.63) is 18.0 Å². The highest BCUT2D eigenvalue weighted by Gasteiger charge is 2.37.